The average Bonchev–Trinajstić information content (AvgIpc) is 3.36. The van der Waals surface area contributed by atoms with Gasteiger partial charge in [-0.15, -0.1) is 22.7 Å². The molecule has 0 saturated heterocycles. The number of carbonyl (C=O) groups excluding carboxylic acids is 2. The van der Waals surface area contributed by atoms with Crippen LogP contribution in [0.15, 0.2) is 81.2 Å². The molecule has 2 nitrogen and oxygen atoms in total. The van der Waals surface area contributed by atoms with Gasteiger partial charge >= 0.3 is 0 Å². The van der Waals surface area contributed by atoms with E-state index in [1.165, 1.54) is 21.6 Å². The third kappa shape index (κ3) is 3.86. The average molecular weight is 439 g/mol. The van der Waals surface area contributed by atoms with Crippen molar-refractivity contribution >= 4 is 56.8 Å². The maximum absolute atomic E-state index is 11.6. The van der Waals surface area contributed by atoms with Crippen molar-refractivity contribution in [1.82, 2.24) is 0 Å². The molecule has 0 fully saturated rings. The van der Waals surface area contributed by atoms with E-state index >= 15 is 0 Å². The normalized spacial score (nSPS) is 10.7. The molecule has 4 rings (SSSR count). The Hall–Kier alpha value is -2.12. The first kappa shape index (κ1) is 19.2. The minimum Gasteiger partial charge on any atom is -0.298 e. The van der Waals surface area contributed by atoms with Crippen molar-refractivity contribution in [2.45, 2.75) is 9.79 Å². The van der Waals surface area contributed by atoms with Crippen molar-refractivity contribution in [2.75, 3.05) is 0 Å². The van der Waals surface area contributed by atoms with Gasteiger partial charge in [-0.3, -0.25) is 9.59 Å². The first-order valence-electron chi connectivity index (χ1n) is 8.40. The van der Waals surface area contributed by atoms with Gasteiger partial charge in [-0.1, -0.05) is 82.3 Å². The van der Waals surface area contributed by atoms with Crippen molar-refractivity contribution in [3.63, 3.8) is 0 Å². The van der Waals surface area contributed by atoms with Crippen LogP contribution in [0, 0.1) is 0 Å². The van der Waals surface area contributed by atoms with Crippen LogP contribution >= 0.6 is 44.3 Å². The largest absolute Gasteiger partial charge is 0.298 e. The summed E-state index contributed by atoms with van der Waals surface area (Å²) >= 11 is 3.14. The highest BCUT2D eigenvalue weighted by molar-refractivity contribution is 8.76. The summed E-state index contributed by atoms with van der Waals surface area (Å²) < 4.78 is 0. The van der Waals surface area contributed by atoms with Crippen molar-refractivity contribution in [1.29, 1.82) is 0 Å². The molecule has 2 heterocycles. The highest BCUT2D eigenvalue weighted by atomic mass is 33.1. The SMILES string of the molecule is O=Cc1csc(-c2ccccc2)c1SSc1c(C=O)csc1-c1ccccc1. The molecular formula is C22H14O2S4. The Morgan fingerprint density at radius 2 is 1.00 bits per heavy atom. The number of hydrogen-bond donors (Lipinski definition) is 0. The number of benzene rings is 2. The summed E-state index contributed by atoms with van der Waals surface area (Å²) in [4.78, 5) is 27.2. The van der Waals surface area contributed by atoms with Gasteiger partial charge in [-0.2, -0.15) is 0 Å². The van der Waals surface area contributed by atoms with Crippen LogP contribution < -0.4 is 0 Å². The number of carbonyl (C=O) groups is 2. The van der Waals surface area contributed by atoms with Crippen molar-refractivity contribution < 1.29 is 9.59 Å². The van der Waals surface area contributed by atoms with E-state index in [1.807, 2.05) is 71.4 Å². The second-order valence-corrected chi connectivity index (χ2v) is 9.74. The van der Waals surface area contributed by atoms with Crippen LogP contribution in [0.5, 0.6) is 0 Å². The maximum atomic E-state index is 11.6. The van der Waals surface area contributed by atoms with Crippen LogP contribution in [-0.2, 0) is 0 Å². The lowest BCUT2D eigenvalue weighted by Crippen LogP contribution is -1.83. The maximum Gasteiger partial charge on any atom is 0.152 e. The van der Waals surface area contributed by atoms with Crippen LogP contribution in [0.1, 0.15) is 20.7 Å². The monoisotopic (exact) mass is 438 g/mol. The second-order valence-electron chi connectivity index (χ2n) is 5.83. The summed E-state index contributed by atoms with van der Waals surface area (Å²) in [6.45, 7) is 0. The molecule has 0 saturated carbocycles. The fourth-order valence-electron chi connectivity index (χ4n) is 2.72. The van der Waals surface area contributed by atoms with E-state index in [9.17, 15) is 9.59 Å². The highest BCUT2D eigenvalue weighted by Crippen LogP contribution is 2.50. The van der Waals surface area contributed by atoms with Crippen LogP contribution in [0.2, 0.25) is 0 Å². The Morgan fingerprint density at radius 1 is 0.607 bits per heavy atom. The van der Waals surface area contributed by atoms with Crippen molar-refractivity contribution in [3.8, 4) is 20.9 Å². The summed E-state index contributed by atoms with van der Waals surface area (Å²) in [5, 5.41) is 3.79. The number of hydrogen-bond acceptors (Lipinski definition) is 6. The van der Waals surface area contributed by atoms with Gasteiger partial charge in [-0.05, 0) is 11.1 Å². The Morgan fingerprint density at radius 3 is 1.36 bits per heavy atom. The Bertz CT molecular complexity index is 1010. The van der Waals surface area contributed by atoms with Crippen LogP contribution in [0.3, 0.4) is 0 Å². The van der Waals surface area contributed by atoms with Crippen molar-refractivity contribution in [3.05, 3.63) is 82.6 Å². The molecule has 0 N–H and O–H groups in total. The summed E-state index contributed by atoms with van der Waals surface area (Å²) in [6, 6.07) is 20.1. The fraction of sp³-hybridized carbons (Fsp3) is 0. The van der Waals surface area contributed by atoms with Gasteiger partial charge in [0.2, 0.25) is 0 Å². The van der Waals surface area contributed by atoms with E-state index in [0.717, 1.165) is 43.2 Å². The Balaban J connectivity index is 1.70. The molecule has 0 unspecified atom stereocenters. The van der Waals surface area contributed by atoms with Gasteiger partial charge in [0.25, 0.3) is 0 Å². The molecule has 0 spiro atoms. The molecular weight excluding hydrogens is 425 g/mol. The van der Waals surface area contributed by atoms with E-state index in [2.05, 4.69) is 0 Å². The van der Waals surface area contributed by atoms with Crippen molar-refractivity contribution in [2.24, 2.45) is 0 Å². The molecule has 0 atom stereocenters. The molecule has 0 aliphatic carbocycles. The smallest absolute Gasteiger partial charge is 0.152 e. The molecule has 138 valence electrons. The standard InChI is InChI=1S/C22H14O2S4/c23-11-17-13-25-19(15-7-3-1-4-8-15)21(17)27-28-22-18(12-24)14-26-20(22)16-9-5-2-6-10-16/h1-14H. The van der Waals surface area contributed by atoms with Crippen LogP contribution in [0.4, 0.5) is 0 Å². The third-order valence-electron chi connectivity index (χ3n) is 4.08. The summed E-state index contributed by atoms with van der Waals surface area (Å²) in [7, 11) is 3.08. The lowest BCUT2D eigenvalue weighted by Gasteiger charge is -2.07. The zero-order valence-corrected chi connectivity index (χ0v) is 17.8. The van der Waals surface area contributed by atoms with Gasteiger partial charge in [0.1, 0.15) is 0 Å². The lowest BCUT2D eigenvalue weighted by atomic mass is 10.2. The predicted molar refractivity (Wildman–Crippen MR) is 122 cm³/mol. The molecule has 0 bridgehead atoms. The zero-order chi connectivity index (χ0) is 19.3. The van der Waals surface area contributed by atoms with Gasteiger partial charge in [0.05, 0.1) is 0 Å². The van der Waals surface area contributed by atoms with E-state index in [-0.39, 0.29) is 0 Å². The van der Waals surface area contributed by atoms with E-state index in [0.29, 0.717) is 11.1 Å². The Labute approximate surface area is 179 Å². The second kappa shape index (κ2) is 8.92. The molecule has 28 heavy (non-hydrogen) atoms. The first-order chi connectivity index (χ1) is 13.8. The van der Waals surface area contributed by atoms with Crippen LogP contribution in [-0.4, -0.2) is 12.6 Å². The predicted octanol–water partition coefficient (Wildman–Crippen LogP) is 7.57. The van der Waals surface area contributed by atoms with Crippen LogP contribution in [0.25, 0.3) is 20.9 Å². The Kier molecular flexibility index (Phi) is 6.12. The number of thiophene rings is 2. The summed E-state index contributed by atoms with van der Waals surface area (Å²) in [5.41, 5.74) is 3.55. The lowest BCUT2D eigenvalue weighted by molar-refractivity contribution is 0.111. The topological polar surface area (TPSA) is 34.1 Å². The van der Waals surface area contributed by atoms with Gasteiger partial charge in [0, 0.05) is 41.4 Å². The van der Waals surface area contributed by atoms with E-state index in [4.69, 9.17) is 0 Å². The number of rotatable bonds is 7. The molecule has 0 radical (unpaired) electrons. The van der Waals surface area contributed by atoms with Gasteiger partial charge in [-0.25, -0.2) is 0 Å². The molecule has 0 aliphatic heterocycles. The van der Waals surface area contributed by atoms with E-state index < -0.39 is 0 Å². The fourth-order valence-corrected chi connectivity index (χ4v) is 8.09. The first-order valence-corrected chi connectivity index (χ1v) is 12.3. The summed E-state index contributed by atoms with van der Waals surface area (Å²) in [6.07, 6.45) is 1.80. The zero-order valence-electron chi connectivity index (χ0n) is 14.5. The van der Waals surface area contributed by atoms with Gasteiger partial charge in [0.15, 0.2) is 12.6 Å². The third-order valence-corrected chi connectivity index (χ3v) is 8.98. The molecule has 6 heteroatoms. The molecule has 4 aromatic rings. The van der Waals surface area contributed by atoms with Gasteiger partial charge < -0.3 is 0 Å². The van der Waals surface area contributed by atoms with E-state index in [1.54, 1.807) is 22.7 Å². The minimum atomic E-state index is 0.686. The molecule has 2 aromatic heterocycles. The number of aldehydes is 2. The highest BCUT2D eigenvalue weighted by Gasteiger charge is 2.18. The molecule has 2 aromatic carbocycles. The molecule has 0 amide bonds. The quantitative estimate of drug-likeness (QED) is 0.220. The molecule has 0 aliphatic rings. The minimum absolute atomic E-state index is 0.686. The summed E-state index contributed by atoms with van der Waals surface area (Å²) in [5.74, 6) is 0.